The van der Waals surface area contributed by atoms with E-state index in [1.54, 1.807) is 0 Å². The summed E-state index contributed by atoms with van der Waals surface area (Å²) >= 11 is 0. The predicted octanol–water partition coefficient (Wildman–Crippen LogP) is 0.766. The lowest BCUT2D eigenvalue weighted by molar-refractivity contribution is 0.0680. The van der Waals surface area contributed by atoms with Crippen LogP contribution < -0.4 is 10.9 Å². The second kappa shape index (κ2) is 4.55. The Labute approximate surface area is 120 Å². The molecule has 0 aliphatic carbocycles. The summed E-state index contributed by atoms with van der Waals surface area (Å²) in [7, 11) is 0. The van der Waals surface area contributed by atoms with E-state index in [4.69, 9.17) is 10.2 Å². The molecule has 22 heavy (non-hydrogen) atoms. The Kier molecular flexibility index (Phi) is 2.81. The van der Waals surface area contributed by atoms with Crippen molar-refractivity contribution >= 4 is 33.7 Å². The van der Waals surface area contributed by atoms with Gasteiger partial charge in [-0.05, 0) is 12.1 Å². The first-order valence-electron chi connectivity index (χ1n) is 6.07. The maximum atomic E-state index is 11.9. The third-order valence-electron chi connectivity index (χ3n) is 3.24. The Bertz CT molecular complexity index is 993. The van der Waals surface area contributed by atoms with Crippen molar-refractivity contribution in [2.75, 3.05) is 0 Å². The van der Waals surface area contributed by atoms with Crippen LogP contribution in [-0.4, -0.2) is 32.1 Å². The van der Waals surface area contributed by atoms with Crippen molar-refractivity contribution in [3.63, 3.8) is 0 Å². The molecule has 0 aliphatic rings. The van der Waals surface area contributed by atoms with Gasteiger partial charge >= 0.3 is 11.9 Å². The smallest absolute Gasteiger partial charge is 0.352 e. The summed E-state index contributed by atoms with van der Waals surface area (Å²) in [6.45, 7) is 0. The van der Waals surface area contributed by atoms with Crippen LogP contribution in [0.25, 0.3) is 21.8 Å². The minimum atomic E-state index is -1.30. The number of rotatable bonds is 2. The van der Waals surface area contributed by atoms with Gasteiger partial charge in [-0.1, -0.05) is 0 Å². The number of nitrogens with one attached hydrogen (secondary N) is 2. The van der Waals surface area contributed by atoms with Gasteiger partial charge in [-0.15, -0.1) is 0 Å². The SMILES string of the molecule is O=C(O)c1cc(=O)c2cc3c(=O)cc(C(=O)O)[nH]c3cc2[nH]1. The monoisotopic (exact) mass is 300 g/mol. The first kappa shape index (κ1) is 13.6. The van der Waals surface area contributed by atoms with Crippen molar-refractivity contribution in [3.05, 3.63) is 56.1 Å². The van der Waals surface area contributed by atoms with E-state index in [-0.39, 0.29) is 33.2 Å². The number of pyridine rings is 2. The number of aromatic nitrogens is 2. The van der Waals surface area contributed by atoms with Crippen molar-refractivity contribution in [2.45, 2.75) is 0 Å². The van der Waals surface area contributed by atoms with Crippen molar-refractivity contribution in [2.24, 2.45) is 0 Å². The first-order valence-corrected chi connectivity index (χ1v) is 6.07. The Morgan fingerprint density at radius 3 is 1.50 bits per heavy atom. The molecule has 0 fully saturated rings. The summed E-state index contributed by atoms with van der Waals surface area (Å²) in [6, 6.07) is 4.50. The molecule has 0 radical (unpaired) electrons. The van der Waals surface area contributed by atoms with Crippen LogP contribution in [0.2, 0.25) is 0 Å². The van der Waals surface area contributed by atoms with E-state index in [0.717, 1.165) is 12.1 Å². The lowest BCUT2D eigenvalue weighted by atomic mass is 10.1. The van der Waals surface area contributed by atoms with Crippen LogP contribution in [-0.2, 0) is 0 Å². The van der Waals surface area contributed by atoms with Gasteiger partial charge in [-0.25, -0.2) is 9.59 Å². The summed E-state index contributed by atoms with van der Waals surface area (Å²) < 4.78 is 0. The highest BCUT2D eigenvalue weighted by Gasteiger charge is 2.12. The van der Waals surface area contributed by atoms with Gasteiger partial charge in [-0.3, -0.25) is 9.59 Å². The minimum absolute atomic E-state index is 0.145. The Morgan fingerprint density at radius 1 is 0.727 bits per heavy atom. The number of carboxylic acid groups (broad SMARTS) is 2. The zero-order valence-corrected chi connectivity index (χ0v) is 10.8. The van der Waals surface area contributed by atoms with E-state index in [9.17, 15) is 19.2 Å². The van der Waals surface area contributed by atoms with Gasteiger partial charge in [0, 0.05) is 22.9 Å². The first-order chi connectivity index (χ1) is 10.4. The van der Waals surface area contributed by atoms with Gasteiger partial charge in [0.25, 0.3) is 0 Å². The van der Waals surface area contributed by atoms with E-state index < -0.39 is 22.8 Å². The normalized spacial score (nSPS) is 10.9. The van der Waals surface area contributed by atoms with E-state index in [2.05, 4.69) is 9.97 Å². The lowest BCUT2D eigenvalue weighted by Crippen LogP contribution is -2.12. The summed E-state index contributed by atoms with van der Waals surface area (Å²) in [6.07, 6.45) is 0. The number of fused-ring (bicyclic) bond motifs is 2. The van der Waals surface area contributed by atoms with Gasteiger partial charge < -0.3 is 20.2 Å². The lowest BCUT2D eigenvalue weighted by Gasteiger charge is -2.04. The molecule has 0 saturated carbocycles. The standard InChI is InChI=1S/C14H8N2O6/c17-11-3-9(13(19)20)15-7-2-8-6(1-5(7)11)12(18)4-10(16-8)14(21)22/h1-4H,(H,15,17)(H,16,18)(H,19,20)(H,21,22). The summed E-state index contributed by atoms with van der Waals surface area (Å²) in [4.78, 5) is 50.9. The molecule has 3 rings (SSSR count). The number of aromatic carboxylic acids is 2. The maximum absolute atomic E-state index is 11.9. The molecular weight excluding hydrogens is 292 g/mol. The third kappa shape index (κ3) is 2.03. The second-order valence-electron chi connectivity index (χ2n) is 4.65. The number of hydrogen-bond acceptors (Lipinski definition) is 4. The highest BCUT2D eigenvalue weighted by Crippen LogP contribution is 2.16. The molecule has 0 spiro atoms. The largest absolute Gasteiger partial charge is 0.477 e. The molecule has 0 aliphatic heterocycles. The molecule has 0 bridgehead atoms. The van der Waals surface area contributed by atoms with Crippen molar-refractivity contribution in [1.82, 2.24) is 9.97 Å². The highest BCUT2D eigenvalue weighted by molar-refractivity contribution is 5.98. The minimum Gasteiger partial charge on any atom is -0.477 e. The number of hydrogen-bond donors (Lipinski definition) is 4. The van der Waals surface area contributed by atoms with Crippen LogP contribution in [0.5, 0.6) is 0 Å². The molecule has 0 unspecified atom stereocenters. The fourth-order valence-electron chi connectivity index (χ4n) is 2.22. The summed E-state index contributed by atoms with van der Waals surface area (Å²) in [5, 5.41) is 18.2. The average Bonchev–Trinajstić information content (AvgIpc) is 2.45. The molecule has 0 atom stereocenters. The van der Waals surface area contributed by atoms with Crippen molar-refractivity contribution in [3.8, 4) is 0 Å². The molecule has 4 N–H and O–H groups in total. The highest BCUT2D eigenvalue weighted by atomic mass is 16.4. The fourth-order valence-corrected chi connectivity index (χ4v) is 2.22. The maximum Gasteiger partial charge on any atom is 0.352 e. The van der Waals surface area contributed by atoms with Crippen LogP contribution in [0.4, 0.5) is 0 Å². The van der Waals surface area contributed by atoms with Gasteiger partial charge in [0.2, 0.25) is 0 Å². The predicted molar refractivity (Wildman–Crippen MR) is 76.6 cm³/mol. The summed E-state index contributed by atoms with van der Waals surface area (Å²) in [5.74, 6) is -2.60. The van der Waals surface area contributed by atoms with Crippen molar-refractivity contribution in [1.29, 1.82) is 0 Å². The van der Waals surface area contributed by atoms with Crippen molar-refractivity contribution < 1.29 is 19.8 Å². The topological polar surface area (TPSA) is 140 Å². The molecule has 0 saturated heterocycles. The number of benzene rings is 1. The van der Waals surface area contributed by atoms with E-state index in [1.807, 2.05) is 0 Å². The Morgan fingerprint density at radius 2 is 1.14 bits per heavy atom. The van der Waals surface area contributed by atoms with E-state index in [0.29, 0.717) is 0 Å². The number of H-pyrrole nitrogens is 2. The molecular formula is C14H8N2O6. The summed E-state index contributed by atoms with van der Waals surface area (Å²) in [5.41, 5.74) is -1.31. The van der Waals surface area contributed by atoms with E-state index >= 15 is 0 Å². The van der Waals surface area contributed by atoms with E-state index in [1.165, 1.54) is 12.1 Å². The average molecular weight is 300 g/mol. The number of carboxylic acids is 2. The van der Waals surface area contributed by atoms with Crippen LogP contribution in [0.15, 0.2) is 33.9 Å². The van der Waals surface area contributed by atoms with Gasteiger partial charge in [0.1, 0.15) is 11.4 Å². The number of aromatic amines is 2. The van der Waals surface area contributed by atoms with Gasteiger partial charge in [0.05, 0.1) is 11.0 Å². The second-order valence-corrected chi connectivity index (χ2v) is 4.65. The molecule has 1 aromatic carbocycles. The Balaban J connectivity index is 2.46. The fraction of sp³-hybridized carbons (Fsp3) is 0. The molecule has 2 heterocycles. The Hall–Kier alpha value is -3.42. The molecule has 110 valence electrons. The third-order valence-corrected chi connectivity index (χ3v) is 3.24. The molecule has 8 nitrogen and oxygen atoms in total. The van der Waals surface area contributed by atoms with Crippen LogP contribution in [0, 0.1) is 0 Å². The van der Waals surface area contributed by atoms with Gasteiger partial charge in [-0.2, -0.15) is 0 Å². The van der Waals surface area contributed by atoms with Crippen LogP contribution >= 0.6 is 0 Å². The molecule has 3 aromatic rings. The number of carbonyl (C=O) groups is 2. The molecule has 0 amide bonds. The van der Waals surface area contributed by atoms with Crippen LogP contribution in [0.1, 0.15) is 21.0 Å². The zero-order valence-electron chi connectivity index (χ0n) is 10.8. The zero-order chi connectivity index (χ0) is 16.0. The molecule has 8 heteroatoms. The van der Waals surface area contributed by atoms with Crippen LogP contribution in [0.3, 0.4) is 0 Å². The van der Waals surface area contributed by atoms with Gasteiger partial charge in [0.15, 0.2) is 10.9 Å². The quantitative estimate of drug-likeness (QED) is 0.515. The molecule has 2 aromatic heterocycles.